The van der Waals surface area contributed by atoms with Gasteiger partial charge >= 0.3 is 5.97 Å². The first-order valence-electron chi connectivity index (χ1n) is 11.3. The Bertz CT molecular complexity index is 676. The zero-order valence-electron chi connectivity index (χ0n) is 19.0. The second-order valence-corrected chi connectivity index (χ2v) is 9.63. The summed E-state index contributed by atoms with van der Waals surface area (Å²) in [5, 5.41) is 15.4. The fraction of sp³-hybridized carbons (Fsp3) is 0.708. The van der Waals surface area contributed by atoms with Crippen molar-refractivity contribution in [3.05, 3.63) is 35.9 Å². The van der Waals surface area contributed by atoms with Gasteiger partial charge in [0.25, 0.3) is 0 Å². The molecule has 1 saturated heterocycles. The summed E-state index contributed by atoms with van der Waals surface area (Å²) in [4.78, 5) is 17.8. The van der Waals surface area contributed by atoms with Crippen LogP contribution in [0.2, 0.25) is 0 Å². The summed E-state index contributed by atoms with van der Waals surface area (Å²) in [6, 6.07) is 9.80. The zero-order valence-corrected chi connectivity index (χ0v) is 19.0. The number of rotatable bonds is 8. The molecule has 0 spiro atoms. The van der Waals surface area contributed by atoms with E-state index in [0.717, 1.165) is 51.6 Å². The summed E-state index contributed by atoms with van der Waals surface area (Å²) in [6.07, 6.45) is 5.33. The number of hydrogen-bond acceptors (Lipinski definition) is 6. The molecule has 0 radical (unpaired) electrons. The van der Waals surface area contributed by atoms with E-state index in [-0.39, 0.29) is 18.1 Å². The second kappa shape index (κ2) is 10.2. The van der Waals surface area contributed by atoms with Crippen molar-refractivity contribution in [2.24, 2.45) is 5.92 Å². The van der Waals surface area contributed by atoms with Gasteiger partial charge < -0.3 is 25.0 Å². The Kier molecular flexibility index (Phi) is 7.91. The van der Waals surface area contributed by atoms with Crippen LogP contribution < -0.4 is 5.32 Å². The molecular weight excluding hydrogens is 378 g/mol. The summed E-state index contributed by atoms with van der Waals surface area (Å²) in [7, 11) is 8.23. The molecule has 1 heterocycles. The molecule has 4 unspecified atom stereocenters. The number of aliphatic hydroxyl groups is 1. The quantitative estimate of drug-likeness (QED) is 0.633. The molecule has 2 aliphatic rings. The third-order valence-corrected chi connectivity index (χ3v) is 6.58. The average Bonchev–Trinajstić information content (AvgIpc) is 3.24. The number of nitrogens with one attached hydrogen (secondary N) is 1. The van der Waals surface area contributed by atoms with Crippen LogP contribution in [0.5, 0.6) is 0 Å². The Labute approximate surface area is 181 Å². The molecule has 3 rings (SSSR count). The fourth-order valence-electron chi connectivity index (χ4n) is 5.13. The number of esters is 1. The van der Waals surface area contributed by atoms with Crippen LogP contribution in [-0.2, 0) is 15.1 Å². The SMILES string of the molecule is CN(C)CC1CCC(OC(=O)C(O)(c2ccccc2)C2CCCC2)C(CN(C)C)N1. The van der Waals surface area contributed by atoms with Crippen molar-refractivity contribution in [2.45, 2.75) is 62.3 Å². The van der Waals surface area contributed by atoms with E-state index in [1.807, 2.05) is 44.4 Å². The Morgan fingerprint density at radius 3 is 2.27 bits per heavy atom. The highest BCUT2D eigenvalue weighted by molar-refractivity contribution is 5.81. The third-order valence-electron chi connectivity index (χ3n) is 6.58. The summed E-state index contributed by atoms with van der Waals surface area (Å²) in [6.45, 7) is 1.75. The van der Waals surface area contributed by atoms with Crippen LogP contribution in [-0.4, -0.2) is 80.3 Å². The minimum absolute atomic E-state index is 0.0475. The van der Waals surface area contributed by atoms with Gasteiger partial charge in [-0.25, -0.2) is 4.79 Å². The summed E-state index contributed by atoms with van der Waals surface area (Å²) in [5.41, 5.74) is -0.915. The maximum absolute atomic E-state index is 13.5. The smallest absolute Gasteiger partial charge is 0.343 e. The second-order valence-electron chi connectivity index (χ2n) is 9.63. The Morgan fingerprint density at radius 2 is 1.67 bits per heavy atom. The number of benzene rings is 1. The molecule has 2 fully saturated rings. The Morgan fingerprint density at radius 1 is 1.03 bits per heavy atom. The maximum Gasteiger partial charge on any atom is 0.343 e. The summed E-state index contributed by atoms with van der Waals surface area (Å²) in [5.74, 6) is -0.569. The van der Waals surface area contributed by atoms with E-state index in [1.54, 1.807) is 0 Å². The lowest BCUT2D eigenvalue weighted by Crippen LogP contribution is -2.59. The van der Waals surface area contributed by atoms with Crippen LogP contribution in [0, 0.1) is 5.92 Å². The highest BCUT2D eigenvalue weighted by Gasteiger charge is 2.49. The molecule has 6 heteroatoms. The lowest BCUT2D eigenvalue weighted by Gasteiger charge is -2.41. The highest BCUT2D eigenvalue weighted by atomic mass is 16.6. The third kappa shape index (κ3) is 5.41. The molecule has 1 saturated carbocycles. The predicted octanol–water partition coefficient (Wildman–Crippen LogP) is 2.22. The van der Waals surface area contributed by atoms with Crippen molar-refractivity contribution in [3.63, 3.8) is 0 Å². The average molecular weight is 418 g/mol. The molecule has 30 heavy (non-hydrogen) atoms. The molecule has 1 aliphatic carbocycles. The van der Waals surface area contributed by atoms with Crippen LogP contribution in [0.1, 0.15) is 44.1 Å². The number of ether oxygens (including phenoxy) is 1. The molecule has 1 aromatic rings. The molecule has 4 atom stereocenters. The molecular formula is C24H39N3O3. The highest BCUT2D eigenvalue weighted by Crippen LogP contribution is 2.42. The topological polar surface area (TPSA) is 65.0 Å². The molecule has 1 aliphatic heterocycles. The van der Waals surface area contributed by atoms with Gasteiger partial charge in [-0.3, -0.25) is 0 Å². The Balaban J connectivity index is 1.78. The molecule has 168 valence electrons. The van der Waals surface area contributed by atoms with Gasteiger partial charge in [0.05, 0.1) is 6.04 Å². The number of likely N-dealkylation sites (N-methyl/N-ethyl adjacent to an activating group) is 2. The number of piperidine rings is 1. The van der Waals surface area contributed by atoms with E-state index in [4.69, 9.17) is 4.74 Å². The Hall–Kier alpha value is -1.47. The van der Waals surface area contributed by atoms with Crippen molar-refractivity contribution >= 4 is 5.97 Å². The van der Waals surface area contributed by atoms with Crippen LogP contribution in [0.15, 0.2) is 30.3 Å². The molecule has 6 nitrogen and oxygen atoms in total. The van der Waals surface area contributed by atoms with Gasteiger partial charge in [-0.2, -0.15) is 0 Å². The van der Waals surface area contributed by atoms with Gasteiger partial charge in [-0.1, -0.05) is 43.2 Å². The van der Waals surface area contributed by atoms with Crippen LogP contribution in [0.3, 0.4) is 0 Å². The normalized spacial score (nSPS) is 27.4. The van der Waals surface area contributed by atoms with E-state index >= 15 is 0 Å². The van der Waals surface area contributed by atoms with E-state index in [0.29, 0.717) is 11.6 Å². The van der Waals surface area contributed by atoms with E-state index in [1.165, 1.54) is 0 Å². The first kappa shape index (κ1) is 23.2. The van der Waals surface area contributed by atoms with Gasteiger partial charge in [-0.05, 0) is 59.4 Å². The van der Waals surface area contributed by atoms with Crippen molar-refractivity contribution in [3.8, 4) is 0 Å². The van der Waals surface area contributed by atoms with Crippen molar-refractivity contribution in [2.75, 3.05) is 41.3 Å². The molecule has 2 N–H and O–H groups in total. The van der Waals surface area contributed by atoms with Crippen molar-refractivity contribution in [1.29, 1.82) is 0 Å². The number of hydrogen-bond donors (Lipinski definition) is 2. The molecule has 0 bridgehead atoms. The van der Waals surface area contributed by atoms with Gasteiger partial charge in [0.15, 0.2) is 5.60 Å². The van der Waals surface area contributed by atoms with Crippen molar-refractivity contribution < 1.29 is 14.6 Å². The standard InChI is InChI=1S/C24H39N3O3/c1-26(2)16-20-14-15-22(21(25-20)17-27(3)4)30-23(28)24(29,19-12-8-9-13-19)18-10-6-5-7-11-18/h5-7,10-11,19-22,25,29H,8-9,12-17H2,1-4H3. The minimum atomic E-state index is -1.57. The van der Waals surface area contributed by atoms with Gasteiger partial charge in [0.2, 0.25) is 0 Å². The first-order chi connectivity index (χ1) is 14.3. The number of carbonyl (C=O) groups is 1. The monoisotopic (exact) mass is 417 g/mol. The number of nitrogens with zero attached hydrogens (tertiary/aromatic N) is 2. The fourth-order valence-corrected chi connectivity index (χ4v) is 5.13. The summed E-state index contributed by atoms with van der Waals surface area (Å²) < 4.78 is 6.10. The molecule has 1 aromatic carbocycles. The molecule has 0 aromatic heterocycles. The van der Waals surface area contributed by atoms with Crippen LogP contribution >= 0.6 is 0 Å². The van der Waals surface area contributed by atoms with Gasteiger partial charge in [0, 0.05) is 25.0 Å². The summed E-state index contributed by atoms with van der Waals surface area (Å²) >= 11 is 0. The van der Waals surface area contributed by atoms with Crippen LogP contribution in [0.25, 0.3) is 0 Å². The lowest BCUT2D eigenvalue weighted by atomic mass is 9.80. The van der Waals surface area contributed by atoms with E-state index in [2.05, 4.69) is 29.2 Å². The van der Waals surface area contributed by atoms with E-state index in [9.17, 15) is 9.90 Å². The maximum atomic E-state index is 13.5. The van der Waals surface area contributed by atoms with Crippen molar-refractivity contribution in [1.82, 2.24) is 15.1 Å². The van der Waals surface area contributed by atoms with Crippen LogP contribution in [0.4, 0.5) is 0 Å². The lowest BCUT2D eigenvalue weighted by molar-refractivity contribution is -0.182. The van der Waals surface area contributed by atoms with E-state index < -0.39 is 11.6 Å². The minimum Gasteiger partial charge on any atom is -0.458 e. The van der Waals surface area contributed by atoms with Gasteiger partial charge in [0.1, 0.15) is 6.10 Å². The molecule has 0 amide bonds. The largest absolute Gasteiger partial charge is 0.458 e. The predicted molar refractivity (Wildman–Crippen MR) is 119 cm³/mol. The number of carbonyl (C=O) groups excluding carboxylic acids is 1. The first-order valence-corrected chi connectivity index (χ1v) is 11.3. The zero-order chi connectivity index (χ0) is 21.7. The van der Waals surface area contributed by atoms with Gasteiger partial charge in [-0.15, -0.1) is 0 Å².